The fraction of sp³-hybridized carbons (Fsp3) is 0.556. The second-order valence-electron chi connectivity index (χ2n) is 3.80. The lowest BCUT2D eigenvalue weighted by atomic mass is 10.1. The predicted octanol–water partition coefficient (Wildman–Crippen LogP) is 0.246. The van der Waals surface area contributed by atoms with Gasteiger partial charge >= 0.3 is 0 Å². The van der Waals surface area contributed by atoms with Crippen LogP contribution in [0.3, 0.4) is 0 Å². The van der Waals surface area contributed by atoms with Gasteiger partial charge < -0.3 is 5.73 Å². The summed E-state index contributed by atoms with van der Waals surface area (Å²) in [5.74, 6) is 0. The molecule has 0 amide bonds. The highest BCUT2D eigenvalue weighted by molar-refractivity contribution is 5.03. The third-order valence-corrected chi connectivity index (χ3v) is 2.01. The lowest BCUT2D eigenvalue weighted by molar-refractivity contribution is 0.313. The Hall–Kier alpha value is -1.16. The molecule has 0 radical (unpaired) electrons. The first-order chi connectivity index (χ1) is 5.97. The monoisotopic (exact) mass is 181 g/mol. The van der Waals surface area contributed by atoms with E-state index in [1.165, 1.54) is 4.68 Å². The molecule has 0 fully saturated rings. The molecule has 2 N–H and O–H groups in total. The molecule has 4 heteroatoms. The molecule has 4 nitrogen and oxygen atoms in total. The number of hydrogen-bond donors (Lipinski definition) is 1. The van der Waals surface area contributed by atoms with Crippen molar-refractivity contribution in [3.8, 4) is 0 Å². The van der Waals surface area contributed by atoms with E-state index in [9.17, 15) is 4.79 Å². The Labute approximate surface area is 77.4 Å². The number of aromatic nitrogens is 2. The van der Waals surface area contributed by atoms with Crippen LogP contribution in [0.2, 0.25) is 0 Å². The summed E-state index contributed by atoms with van der Waals surface area (Å²) in [6, 6.07) is 1.56. The summed E-state index contributed by atoms with van der Waals surface area (Å²) < 4.78 is 1.42. The molecule has 0 spiro atoms. The molecule has 0 bridgehead atoms. The molecule has 1 heterocycles. The van der Waals surface area contributed by atoms with Gasteiger partial charge in [-0.2, -0.15) is 5.10 Å². The highest BCUT2D eigenvalue weighted by Crippen LogP contribution is 2.07. The maximum atomic E-state index is 11.5. The minimum absolute atomic E-state index is 0.101. The number of nitrogens with zero attached hydrogens (tertiary/aromatic N) is 2. The molecule has 0 saturated heterocycles. The van der Waals surface area contributed by atoms with Gasteiger partial charge in [-0.25, -0.2) is 4.68 Å². The Kier molecular flexibility index (Phi) is 2.52. The van der Waals surface area contributed by atoms with Crippen LogP contribution in [-0.2, 0) is 5.54 Å². The summed E-state index contributed by atoms with van der Waals surface area (Å²) in [6.07, 6.45) is 1.67. The van der Waals surface area contributed by atoms with Crippen molar-refractivity contribution in [3.05, 3.63) is 28.2 Å². The van der Waals surface area contributed by atoms with Crippen LogP contribution in [0.4, 0.5) is 0 Å². The molecular formula is C9H15N3O. The van der Waals surface area contributed by atoms with Crippen molar-refractivity contribution in [2.75, 3.05) is 6.54 Å². The van der Waals surface area contributed by atoms with Crippen molar-refractivity contribution in [2.45, 2.75) is 26.3 Å². The molecule has 1 aromatic heterocycles. The minimum atomic E-state index is -0.412. The summed E-state index contributed by atoms with van der Waals surface area (Å²) >= 11 is 0. The minimum Gasteiger partial charge on any atom is -0.328 e. The molecule has 0 aliphatic rings. The van der Waals surface area contributed by atoms with Gasteiger partial charge in [0, 0.05) is 12.6 Å². The molecule has 1 rings (SSSR count). The maximum Gasteiger partial charge on any atom is 0.267 e. The van der Waals surface area contributed by atoms with Crippen molar-refractivity contribution in [1.29, 1.82) is 0 Å². The van der Waals surface area contributed by atoms with Gasteiger partial charge in [-0.05, 0) is 26.3 Å². The van der Waals surface area contributed by atoms with E-state index in [0.717, 1.165) is 5.56 Å². The third-order valence-electron chi connectivity index (χ3n) is 2.01. The zero-order chi connectivity index (χ0) is 10.1. The van der Waals surface area contributed by atoms with Gasteiger partial charge in [-0.15, -0.1) is 0 Å². The van der Waals surface area contributed by atoms with Crippen molar-refractivity contribution >= 4 is 0 Å². The second-order valence-corrected chi connectivity index (χ2v) is 3.80. The van der Waals surface area contributed by atoms with Crippen LogP contribution in [0.5, 0.6) is 0 Å². The van der Waals surface area contributed by atoms with Crippen molar-refractivity contribution in [2.24, 2.45) is 5.73 Å². The van der Waals surface area contributed by atoms with Crippen LogP contribution in [0.1, 0.15) is 19.4 Å². The fourth-order valence-electron chi connectivity index (χ4n) is 1.04. The Morgan fingerprint density at radius 3 is 2.69 bits per heavy atom. The molecule has 0 unspecified atom stereocenters. The first kappa shape index (κ1) is 9.92. The van der Waals surface area contributed by atoms with E-state index in [1.54, 1.807) is 12.3 Å². The summed E-state index contributed by atoms with van der Waals surface area (Å²) in [6.45, 7) is 6.00. The van der Waals surface area contributed by atoms with Crippen LogP contribution >= 0.6 is 0 Å². The first-order valence-corrected chi connectivity index (χ1v) is 4.24. The van der Waals surface area contributed by atoms with Crippen LogP contribution in [0, 0.1) is 6.92 Å². The summed E-state index contributed by atoms with van der Waals surface area (Å²) in [5, 5.41) is 4.04. The summed E-state index contributed by atoms with van der Waals surface area (Å²) in [5.41, 5.74) is 5.90. The number of aryl methyl sites for hydroxylation is 1. The van der Waals surface area contributed by atoms with E-state index in [0.29, 0.717) is 6.54 Å². The molecule has 0 atom stereocenters. The van der Waals surface area contributed by atoms with E-state index in [2.05, 4.69) is 5.10 Å². The molecule has 0 aliphatic heterocycles. The second kappa shape index (κ2) is 3.30. The van der Waals surface area contributed by atoms with Crippen molar-refractivity contribution < 1.29 is 0 Å². The third kappa shape index (κ3) is 1.95. The van der Waals surface area contributed by atoms with Crippen LogP contribution in [-0.4, -0.2) is 16.3 Å². The zero-order valence-electron chi connectivity index (χ0n) is 8.24. The largest absolute Gasteiger partial charge is 0.328 e. The molecule has 0 saturated carbocycles. The van der Waals surface area contributed by atoms with E-state index >= 15 is 0 Å². The molecule has 72 valence electrons. The lowest BCUT2D eigenvalue weighted by Gasteiger charge is -2.23. The Morgan fingerprint density at radius 2 is 2.23 bits per heavy atom. The van der Waals surface area contributed by atoms with Gasteiger partial charge in [0.25, 0.3) is 5.56 Å². The van der Waals surface area contributed by atoms with Gasteiger partial charge in [-0.3, -0.25) is 4.79 Å². The van der Waals surface area contributed by atoms with Crippen LogP contribution < -0.4 is 11.3 Å². The van der Waals surface area contributed by atoms with Crippen LogP contribution in [0.25, 0.3) is 0 Å². The average Bonchev–Trinajstić information content (AvgIpc) is 2.03. The lowest BCUT2D eigenvalue weighted by Crippen LogP contribution is -2.43. The number of nitrogens with two attached hydrogens (primary N) is 1. The van der Waals surface area contributed by atoms with Crippen molar-refractivity contribution in [3.63, 3.8) is 0 Å². The standard InChI is InChI=1S/C9H15N3O/c1-7-4-8(13)12(11-5-7)9(2,3)6-10/h4-5H,6,10H2,1-3H3. The summed E-state index contributed by atoms with van der Waals surface area (Å²) in [7, 11) is 0. The highest BCUT2D eigenvalue weighted by Gasteiger charge is 2.19. The Morgan fingerprint density at radius 1 is 1.62 bits per heavy atom. The number of hydrogen-bond acceptors (Lipinski definition) is 3. The quantitative estimate of drug-likeness (QED) is 0.711. The average molecular weight is 181 g/mol. The number of rotatable bonds is 2. The zero-order valence-corrected chi connectivity index (χ0v) is 8.24. The normalized spacial score (nSPS) is 11.7. The maximum absolute atomic E-state index is 11.5. The fourth-order valence-corrected chi connectivity index (χ4v) is 1.04. The Balaban J connectivity index is 3.24. The van der Waals surface area contributed by atoms with Gasteiger partial charge in [0.05, 0.1) is 11.7 Å². The molecule has 0 aromatic carbocycles. The Bertz CT molecular complexity index is 354. The SMILES string of the molecule is Cc1cnn(C(C)(C)CN)c(=O)c1. The van der Waals surface area contributed by atoms with Gasteiger partial charge in [-0.1, -0.05) is 0 Å². The smallest absolute Gasteiger partial charge is 0.267 e. The summed E-state index contributed by atoms with van der Waals surface area (Å²) in [4.78, 5) is 11.5. The van der Waals surface area contributed by atoms with Gasteiger partial charge in [0.1, 0.15) is 0 Å². The molecule has 0 aliphatic carbocycles. The van der Waals surface area contributed by atoms with Crippen molar-refractivity contribution in [1.82, 2.24) is 9.78 Å². The molecule has 1 aromatic rings. The van der Waals surface area contributed by atoms with Gasteiger partial charge in [0.15, 0.2) is 0 Å². The highest BCUT2D eigenvalue weighted by atomic mass is 16.1. The van der Waals surface area contributed by atoms with Crippen LogP contribution in [0.15, 0.2) is 17.1 Å². The predicted molar refractivity (Wildman–Crippen MR) is 51.6 cm³/mol. The van der Waals surface area contributed by atoms with E-state index in [-0.39, 0.29) is 5.56 Å². The first-order valence-electron chi connectivity index (χ1n) is 4.24. The molecular weight excluding hydrogens is 166 g/mol. The topological polar surface area (TPSA) is 60.9 Å². The molecule has 13 heavy (non-hydrogen) atoms. The van der Waals surface area contributed by atoms with E-state index in [1.807, 2.05) is 20.8 Å². The van der Waals surface area contributed by atoms with Gasteiger partial charge in [0.2, 0.25) is 0 Å². The van der Waals surface area contributed by atoms with E-state index < -0.39 is 5.54 Å². The van der Waals surface area contributed by atoms with E-state index in [4.69, 9.17) is 5.73 Å².